The fraction of sp³-hybridized carbons (Fsp3) is 0.556. The van der Waals surface area contributed by atoms with E-state index in [-0.39, 0.29) is 5.97 Å². The monoisotopic (exact) mass is 308 g/mol. The Morgan fingerprint density at radius 3 is 2.50 bits per heavy atom. The molecule has 14 heavy (non-hydrogen) atoms. The number of aromatic nitrogens is 2. The van der Waals surface area contributed by atoms with Crippen molar-refractivity contribution < 1.29 is 9.53 Å². The summed E-state index contributed by atoms with van der Waals surface area (Å²) in [5, 5.41) is 4.06. The van der Waals surface area contributed by atoms with Crippen LogP contribution in [-0.2, 0) is 11.8 Å². The molecule has 0 fully saturated rings. The highest BCUT2D eigenvalue weighted by Gasteiger charge is 2.21. The summed E-state index contributed by atoms with van der Waals surface area (Å²) in [6.07, 6.45) is 1.66. The van der Waals surface area contributed by atoms with Gasteiger partial charge in [0.05, 0.1) is 0 Å². The molecule has 1 aromatic heterocycles. The molecule has 4 nitrogen and oxygen atoms in total. The van der Waals surface area contributed by atoms with Gasteiger partial charge in [0.2, 0.25) is 0 Å². The standard InChI is InChI=1S/C9H13IN2O2/c1-9(2,3)14-8(13)6-5-12(4)11-7(6)10/h5H,1-4H3. The van der Waals surface area contributed by atoms with E-state index >= 15 is 0 Å². The lowest BCUT2D eigenvalue weighted by Gasteiger charge is -2.18. The number of esters is 1. The minimum absolute atomic E-state index is 0.324. The maximum Gasteiger partial charge on any atom is 0.342 e. The molecule has 0 aliphatic heterocycles. The van der Waals surface area contributed by atoms with E-state index in [0.29, 0.717) is 9.26 Å². The average Bonchev–Trinajstić information content (AvgIpc) is 2.26. The molecule has 0 bridgehead atoms. The second-order valence-electron chi connectivity index (χ2n) is 4.01. The number of hydrogen-bond acceptors (Lipinski definition) is 3. The van der Waals surface area contributed by atoms with Crippen LogP contribution in [0.5, 0.6) is 0 Å². The molecule has 1 heterocycles. The summed E-state index contributed by atoms with van der Waals surface area (Å²) < 4.78 is 7.49. The molecule has 0 amide bonds. The third kappa shape index (κ3) is 2.97. The second kappa shape index (κ2) is 3.88. The number of aryl methyl sites for hydroxylation is 1. The normalized spacial score (nSPS) is 11.5. The minimum Gasteiger partial charge on any atom is -0.456 e. The van der Waals surface area contributed by atoms with E-state index in [1.807, 2.05) is 43.4 Å². The number of halogens is 1. The molecular weight excluding hydrogens is 295 g/mol. The zero-order valence-corrected chi connectivity index (χ0v) is 10.8. The third-order valence-electron chi connectivity index (χ3n) is 1.40. The van der Waals surface area contributed by atoms with E-state index in [4.69, 9.17) is 4.74 Å². The molecule has 1 aromatic rings. The fourth-order valence-corrected chi connectivity index (χ4v) is 1.63. The number of carbonyl (C=O) groups excluding carboxylic acids is 1. The first-order chi connectivity index (χ1) is 6.29. The second-order valence-corrected chi connectivity index (χ2v) is 5.03. The van der Waals surface area contributed by atoms with Crippen LogP contribution in [0.4, 0.5) is 0 Å². The summed E-state index contributed by atoms with van der Waals surface area (Å²) in [4.78, 5) is 11.6. The van der Waals surface area contributed by atoms with E-state index in [0.717, 1.165) is 0 Å². The SMILES string of the molecule is Cn1cc(C(=O)OC(C)(C)C)c(I)n1. The Labute approximate surface area is 96.8 Å². The summed E-state index contributed by atoms with van der Waals surface area (Å²) in [6.45, 7) is 5.52. The quantitative estimate of drug-likeness (QED) is 0.588. The van der Waals surface area contributed by atoms with Gasteiger partial charge in [0.25, 0.3) is 0 Å². The Morgan fingerprint density at radius 1 is 1.57 bits per heavy atom. The van der Waals surface area contributed by atoms with Crippen LogP contribution in [0.2, 0.25) is 0 Å². The lowest BCUT2D eigenvalue weighted by molar-refractivity contribution is 0.00683. The molecule has 0 unspecified atom stereocenters. The van der Waals surface area contributed by atoms with Crippen LogP contribution in [0.1, 0.15) is 31.1 Å². The smallest absolute Gasteiger partial charge is 0.342 e. The first-order valence-electron chi connectivity index (χ1n) is 4.22. The predicted octanol–water partition coefficient (Wildman–Crippen LogP) is 1.98. The van der Waals surface area contributed by atoms with Crippen LogP contribution in [0, 0.1) is 3.70 Å². The van der Waals surface area contributed by atoms with Crippen molar-refractivity contribution in [1.29, 1.82) is 0 Å². The van der Waals surface area contributed by atoms with Gasteiger partial charge in [-0.25, -0.2) is 4.79 Å². The Kier molecular flexibility index (Phi) is 3.18. The van der Waals surface area contributed by atoms with Crippen LogP contribution < -0.4 is 0 Å². The first-order valence-corrected chi connectivity index (χ1v) is 5.30. The summed E-state index contributed by atoms with van der Waals surface area (Å²) in [6, 6.07) is 0. The third-order valence-corrected chi connectivity index (χ3v) is 2.20. The van der Waals surface area contributed by atoms with Crippen molar-refractivity contribution in [2.75, 3.05) is 0 Å². The minimum atomic E-state index is -0.462. The molecule has 78 valence electrons. The average molecular weight is 308 g/mol. The number of rotatable bonds is 1. The molecular formula is C9H13IN2O2. The zero-order chi connectivity index (χ0) is 10.9. The molecule has 0 spiro atoms. The van der Waals surface area contributed by atoms with Gasteiger partial charge in [-0.2, -0.15) is 5.10 Å². The first kappa shape index (κ1) is 11.5. The number of hydrogen-bond donors (Lipinski definition) is 0. The molecule has 0 radical (unpaired) electrons. The summed E-state index contributed by atoms with van der Waals surface area (Å²) >= 11 is 2.02. The van der Waals surface area contributed by atoms with Gasteiger partial charge in [-0.15, -0.1) is 0 Å². The van der Waals surface area contributed by atoms with Crippen molar-refractivity contribution in [2.24, 2.45) is 7.05 Å². The predicted molar refractivity (Wildman–Crippen MR) is 61.1 cm³/mol. The highest BCUT2D eigenvalue weighted by Crippen LogP contribution is 2.15. The lowest BCUT2D eigenvalue weighted by atomic mass is 10.2. The largest absolute Gasteiger partial charge is 0.456 e. The van der Waals surface area contributed by atoms with E-state index < -0.39 is 5.60 Å². The van der Waals surface area contributed by atoms with Gasteiger partial charge in [0, 0.05) is 13.2 Å². The van der Waals surface area contributed by atoms with Crippen molar-refractivity contribution >= 4 is 28.6 Å². The van der Waals surface area contributed by atoms with Crippen molar-refractivity contribution in [3.05, 3.63) is 15.5 Å². The Hall–Kier alpha value is -0.590. The lowest BCUT2D eigenvalue weighted by Crippen LogP contribution is -2.24. The van der Waals surface area contributed by atoms with Crippen LogP contribution in [0.3, 0.4) is 0 Å². The molecule has 0 saturated heterocycles. The van der Waals surface area contributed by atoms with Crippen LogP contribution >= 0.6 is 22.6 Å². The van der Waals surface area contributed by atoms with E-state index in [2.05, 4.69) is 5.10 Å². The maximum absolute atomic E-state index is 11.6. The maximum atomic E-state index is 11.6. The van der Waals surface area contributed by atoms with Crippen molar-refractivity contribution in [1.82, 2.24) is 9.78 Å². The summed E-state index contributed by atoms with van der Waals surface area (Å²) in [5.74, 6) is -0.324. The van der Waals surface area contributed by atoms with Gasteiger partial charge in [0.15, 0.2) is 0 Å². The van der Waals surface area contributed by atoms with Gasteiger partial charge in [-0.3, -0.25) is 4.68 Å². The molecule has 0 aliphatic carbocycles. The van der Waals surface area contributed by atoms with Gasteiger partial charge >= 0.3 is 5.97 Å². The van der Waals surface area contributed by atoms with Gasteiger partial charge in [-0.05, 0) is 43.4 Å². The van der Waals surface area contributed by atoms with Crippen molar-refractivity contribution in [3.8, 4) is 0 Å². The van der Waals surface area contributed by atoms with Crippen molar-refractivity contribution in [3.63, 3.8) is 0 Å². The Balaban J connectivity index is 2.85. The number of nitrogens with zero attached hydrogens (tertiary/aromatic N) is 2. The topological polar surface area (TPSA) is 44.1 Å². The molecule has 5 heteroatoms. The Morgan fingerprint density at radius 2 is 2.14 bits per heavy atom. The summed E-state index contributed by atoms with van der Waals surface area (Å²) in [5.41, 5.74) is 0.0544. The molecule has 1 rings (SSSR count). The van der Waals surface area contributed by atoms with Gasteiger partial charge < -0.3 is 4.74 Å². The zero-order valence-electron chi connectivity index (χ0n) is 8.67. The highest BCUT2D eigenvalue weighted by molar-refractivity contribution is 14.1. The molecule has 0 aliphatic rings. The van der Waals surface area contributed by atoms with Gasteiger partial charge in [0.1, 0.15) is 14.9 Å². The number of ether oxygens (including phenoxy) is 1. The molecule has 0 atom stereocenters. The summed E-state index contributed by atoms with van der Waals surface area (Å²) in [7, 11) is 1.77. The van der Waals surface area contributed by atoms with E-state index in [1.165, 1.54) is 0 Å². The highest BCUT2D eigenvalue weighted by atomic mass is 127. The number of carbonyl (C=O) groups is 1. The van der Waals surface area contributed by atoms with Crippen LogP contribution in [-0.4, -0.2) is 21.4 Å². The molecule has 0 saturated carbocycles. The van der Waals surface area contributed by atoms with Crippen LogP contribution in [0.25, 0.3) is 0 Å². The molecule has 0 aromatic carbocycles. The molecule has 0 N–H and O–H groups in total. The van der Waals surface area contributed by atoms with Crippen LogP contribution in [0.15, 0.2) is 6.20 Å². The van der Waals surface area contributed by atoms with Gasteiger partial charge in [-0.1, -0.05) is 0 Å². The van der Waals surface area contributed by atoms with E-state index in [9.17, 15) is 4.79 Å². The fourth-order valence-electron chi connectivity index (χ4n) is 0.931. The Bertz CT molecular complexity index is 352. The van der Waals surface area contributed by atoms with E-state index in [1.54, 1.807) is 17.9 Å². The van der Waals surface area contributed by atoms with Crippen molar-refractivity contribution in [2.45, 2.75) is 26.4 Å².